The first-order chi connectivity index (χ1) is 14.8. The second kappa shape index (κ2) is 14.8. The van der Waals surface area contributed by atoms with Crippen LogP contribution in [0.25, 0.3) is 0 Å². The first-order valence-corrected chi connectivity index (χ1v) is 10.5. The van der Waals surface area contributed by atoms with Crippen LogP contribution in [0.1, 0.15) is 51.4 Å². The summed E-state index contributed by atoms with van der Waals surface area (Å²) in [5.41, 5.74) is 0.747. The number of aliphatic imine (C=N–C) groups is 1. The molecule has 0 aliphatic carbocycles. The fourth-order valence-electron chi connectivity index (χ4n) is 2.95. The number of benzene rings is 1. The minimum atomic E-state index is -0.263. The Labute approximate surface area is 178 Å². The first kappa shape index (κ1) is 23.1. The van der Waals surface area contributed by atoms with Gasteiger partial charge in [0.2, 0.25) is 5.96 Å². The van der Waals surface area contributed by atoms with Gasteiger partial charge in [0.1, 0.15) is 11.6 Å². The predicted octanol–water partition coefficient (Wildman–Crippen LogP) is 5.07. The summed E-state index contributed by atoms with van der Waals surface area (Å²) in [7, 11) is 0. The van der Waals surface area contributed by atoms with Crippen molar-refractivity contribution in [3.63, 3.8) is 0 Å². The van der Waals surface area contributed by atoms with E-state index < -0.39 is 0 Å². The number of guanidine groups is 1. The van der Waals surface area contributed by atoms with Crippen LogP contribution in [-0.2, 0) is 0 Å². The van der Waals surface area contributed by atoms with Gasteiger partial charge in [-0.2, -0.15) is 5.26 Å². The number of hydrogen-bond donors (Lipinski definition) is 2. The second-order valence-electron chi connectivity index (χ2n) is 6.96. The normalized spacial score (nSPS) is 11.0. The van der Waals surface area contributed by atoms with Crippen LogP contribution in [-0.4, -0.2) is 24.1 Å². The maximum atomic E-state index is 13.0. The molecule has 0 aliphatic rings. The molecule has 7 heteroatoms. The van der Waals surface area contributed by atoms with Gasteiger partial charge in [0.15, 0.2) is 6.19 Å². The highest BCUT2D eigenvalue weighted by molar-refractivity contribution is 5.83. The lowest BCUT2D eigenvalue weighted by atomic mass is 10.1. The van der Waals surface area contributed by atoms with Crippen molar-refractivity contribution < 1.29 is 9.13 Å². The molecule has 0 radical (unpaired) electrons. The minimum Gasteiger partial charge on any atom is -0.493 e. The Morgan fingerprint density at radius 2 is 1.70 bits per heavy atom. The fourth-order valence-corrected chi connectivity index (χ4v) is 2.95. The molecule has 0 atom stereocenters. The quantitative estimate of drug-likeness (QED) is 0.158. The summed E-state index contributed by atoms with van der Waals surface area (Å²) in [4.78, 5) is 8.31. The summed E-state index contributed by atoms with van der Waals surface area (Å²) >= 11 is 0. The van der Waals surface area contributed by atoms with E-state index in [2.05, 4.69) is 20.6 Å². The largest absolute Gasteiger partial charge is 0.493 e. The van der Waals surface area contributed by atoms with Crippen LogP contribution in [0.4, 0.5) is 10.1 Å². The summed E-state index contributed by atoms with van der Waals surface area (Å²) < 4.78 is 18.6. The summed E-state index contributed by atoms with van der Waals surface area (Å²) in [6.45, 7) is 1.41. The van der Waals surface area contributed by atoms with Crippen molar-refractivity contribution in [2.24, 2.45) is 4.99 Å². The van der Waals surface area contributed by atoms with Gasteiger partial charge >= 0.3 is 0 Å². The van der Waals surface area contributed by atoms with Crippen molar-refractivity contribution in [2.45, 2.75) is 51.4 Å². The lowest BCUT2D eigenvalue weighted by molar-refractivity contribution is 0.303. The highest BCUT2D eigenvalue weighted by Gasteiger charge is 1.99. The van der Waals surface area contributed by atoms with Crippen LogP contribution in [0.5, 0.6) is 5.75 Å². The standard InChI is InChI=1S/C23H30FN5O/c24-20-10-9-11-22(18-20)30-17-8-6-4-2-1-3-5-7-14-27-23(28-19-25)29-21-12-15-26-16-13-21/h9-13,15-16,18H,1-8,14,17H2,(H2,26,27,28,29). The van der Waals surface area contributed by atoms with E-state index in [1.54, 1.807) is 36.7 Å². The molecule has 0 amide bonds. The van der Waals surface area contributed by atoms with Crippen LogP contribution in [0.3, 0.4) is 0 Å². The van der Waals surface area contributed by atoms with Crippen molar-refractivity contribution in [1.29, 1.82) is 5.26 Å². The Balaban J connectivity index is 1.44. The molecule has 2 rings (SSSR count). The highest BCUT2D eigenvalue weighted by Crippen LogP contribution is 2.13. The number of ether oxygens (including phenoxy) is 1. The van der Waals surface area contributed by atoms with Gasteiger partial charge in [-0.25, -0.2) is 9.38 Å². The van der Waals surface area contributed by atoms with Gasteiger partial charge in [0.25, 0.3) is 0 Å². The van der Waals surface area contributed by atoms with Crippen LogP contribution >= 0.6 is 0 Å². The number of nitrogens with zero attached hydrogens (tertiary/aromatic N) is 3. The van der Waals surface area contributed by atoms with Crippen LogP contribution in [0.15, 0.2) is 53.8 Å². The van der Waals surface area contributed by atoms with Crippen molar-refractivity contribution in [2.75, 3.05) is 13.2 Å². The SMILES string of the molecule is N#CN/C(=N\c1ccncc1)NCCCCCCCCCCOc1cccc(F)c1. The molecule has 0 saturated carbocycles. The third-order valence-corrected chi connectivity index (χ3v) is 4.51. The van der Waals surface area contributed by atoms with E-state index >= 15 is 0 Å². The Kier molecular flexibility index (Phi) is 11.4. The lowest BCUT2D eigenvalue weighted by Gasteiger charge is -2.08. The minimum absolute atomic E-state index is 0.263. The number of aromatic nitrogens is 1. The number of hydrogen-bond acceptors (Lipinski definition) is 4. The molecule has 2 aromatic rings. The van der Waals surface area contributed by atoms with E-state index in [0.717, 1.165) is 37.9 Å². The number of halogens is 1. The number of pyridine rings is 1. The molecule has 0 fully saturated rings. The Bertz CT molecular complexity index is 792. The summed E-state index contributed by atoms with van der Waals surface area (Å²) in [5, 5.41) is 14.6. The van der Waals surface area contributed by atoms with E-state index in [9.17, 15) is 4.39 Å². The topological polar surface area (TPSA) is 82.3 Å². The molecule has 160 valence electrons. The molecule has 0 bridgehead atoms. The molecule has 2 N–H and O–H groups in total. The molecule has 1 heterocycles. The molecule has 0 saturated heterocycles. The van der Waals surface area contributed by atoms with Crippen LogP contribution in [0, 0.1) is 17.3 Å². The predicted molar refractivity (Wildman–Crippen MR) is 117 cm³/mol. The zero-order chi connectivity index (χ0) is 21.3. The maximum absolute atomic E-state index is 13.0. The molecule has 30 heavy (non-hydrogen) atoms. The van der Waals surface area contributed by atoms with Gasteiger partial charge in [0, 0.05) is 25.0 Å². The summed E-state index contributed by atoms with van der Waals surface area (Å²) in [5.74, 6) is 0.799. The van der Waals surface area contributed by atoms with Crippen molar-refractivity contribution in [3.05, 3.63) is 54.6 Å². The maximum Gasteiger partial charge on any atom is 0.209 e. The lowest BCUT2D eigenvalue weighted by Crippen LogP contribution is -2.34. The van der Waals surface area contributed by atoms with Crippen molar-refractivity contribution in [1.82, 2.24) is 15.6 Å². The van der Waals surface area contributed by atoms with Gasteiger partial charge < -0.3 is 10.1 Å². The fraction of sp³-hybridized carbons (Fsp3) is 0.435. The molecule has 1 aromatic carbocycles. The number of nitrogens with one attached hydrogen (secondary N) is 2. The summed E-state index contributed by atoms with van der Waals surface area (Å²) in [6, 6.07) is 9.85. The Hall–Kier alpha value is -3.14. The van der Waals surface area contributed by atoms with E-state index in [0.29, 0.717) is 18.3 Å². The van der Waals surface area contributed by atoms with E-state index in [4.69, 9.17) is 10.00 Å². The smallest absolute Gasteiger partial charge is 0.209 e. The Morgan fingerprint density at radius 3 is 2.40 bits per heavy atom. The third-order valence-electron chi connectivity index (χ3n) is 4.51. The zero-order valence-corrected chi connectivity index (χ0v) is 17.3. The zero-order valence-electron chi connectivity index (χ0n) is 17.3. The van der Waals surface area contributed by atoms with Crippen LogP contribution < -0.4 is 15.4 Å². The average molecular weight is 412 g/mol. The first-order valence-electron chi connectivity index (χ1n) is 10.5. The van der Waals surface area contributed by atoms with Gasteiger partial charge in [-0.05, 0) is 37.1 Å². The third kappa shape index (κ3) is 10.4. The molecule has 0 aliphatic heterocycles. The monoisotopic (exact) mass is 411 g/mol. The molecular formula is C23H30FN5O. The van der Waals surface area contributed by atoms with E-state index in [-0.39, 0.29) is 5.82 Å². The van der Waals surface area contributed by atoms with E-state index in [1.165, 1.54) is 37.8 Å². The van der Waals surface area contributed by atoms with Crippen molar-refractivity contribution >= 4 is 11.6 Å². The number of rotatable bonds is 13. The van der Waals surface area contributed by atoms with Crippen molar-refractivity contribution in [3.8, 4) is 11.9 Å². The van der Waals surface area contributed by atoms with Gasteiger partial charge in [0.05, 0.1) is 12.3 Å². The van der Waals surface area contributed by atoms with E-state index in [1.807, 2.05) is 6.19 Å². The molecule has 1 aromatic heterocycles. The molecular weight excluding hydrogens is 381 g/mol. The Morgan fingerprint density at radius 1 is 1.00 bits per heavy atom. The average Bonchev–Trinajstić information content (AvgIpc) is 2.75. The van der Waals surface area contributed by atoms with Gasteiger partial charge in [-0.3, -0.25) is 10.3 Å². The number of unbranched alkanes of at least 4 members (excludes halogenated alkanes) is 7. The second-order valence-corrected chi connectivity index (χ2v) is 6.96. The molecule has 0 spiro atoms. The van der Waals surface area contributed by atoms with Crippen LogP contribution in [0.2, 0.25) is 0 Å². The molecule has 6 nitrogen and oxygen atoms in total. The van der Waals surface area contributed by atoms with Gasteiger partial charge in [-0.1, -0.05) is 44.6 Å². The number of nitriles is 1. The molecule has 0 unspecified atom stereocenters. The summed E-state index contributed by atoms with van der Waals surface area (Å²) in [6.07, 6.45) is 14.4. The highest BCUT2D eigenvalue weighted by atomic mass is 19.1. The van der Waals surface area contributed by atoms with Gasteiger partial charge in [-0.15, -0.1) is 0 Å².